The number of hydrogen-bond acceptors (Lipinski definition) is 2. The van der Waals surface area contributed by atoms with Crippen molar-refractivity contribution in [2.45, 2.75) is 51.7 Å². The summed E-state index contributed by atoms with van der Waals surface area (Å²) >= 11 is 0. The van der Waals surface area contributed by atoms with Crippen molar-refractivity contribution in [1.29, 1.82) is 0 Å². The fourth-order valence-corrected chi connectivity index (χ4v) is 7.40. The lowest BCUT2D eigenvalue weighted by molar-refractivity contribution is 0.00578. The van der Waals surface area contributed by atoms with Gasteiger partial charge in [0.2, 0.25) is 0 Å². The first-order valence-electron chi connectivity index (χ1n) is 15.3. The molecule has 1 aliphatic carbocycles. The lowest BCUT2D eigenvalue weighted by Gasteiger charge is -2.32. The van der Waals surface area contributed by atoms with Gasteiger partial charge in [0.15, 0.2) is 0 Å². The summed E-state index contributed by atoms with van der Waals surface area (Å²) < 4.78 is 18.0. The second-order valence-electron chi connectivity index (χ2n) is 13.2. The average Bonchev–Trinajstić information content (AvgIpc) is 3.60. The number of rotatable bonds is 3. The molecule has 7 aromatic rings. The van der Waals surface area contributed by atoms with E-state index in [1.165, 1.54) is 60.4 Å². The Morgan fingerprint density at radius 1 is 0.535 bits per heavy atom. The number of benzene rings is 5. The Hall–Kier alpha value is -4.32. The van der Waals surface area contributed by atoms with Crippen LogP contribution >= 0.6 is 0 Å². The fourth-order valence-electron chi connectivity index (χ4n) is 7.40. The van der Waals surface area contributed by atoms with Crippen LogP contribution in [-0.2, 0) is 22.2 Å². The van der Waals surface area contributed by atoms with Crippen LogP contribution in [0.25, 0.3) is 55.0 Å². The van der Waals surface area contributed by atoms with E-state index in [2.05, 4.69) is 140 Å². The van der Waals surface area contributed by atoms with E-state index in [4.69, 9.17) is 9.31 Å². The second-order valence-corrected chi connectivity index (χ2v) is 13.2. The molecule has 0 amide bonds. The third-order valence-corrected chi connectivity index (χ3v) is 10.2. The summed E-state index contributed by atoms with van der Waals surface area (Å²) in [7, 11) is -0.401. The van der Waals surface area contributed by atoms with Crippen LogP contribution in [0.5, 0.6) is 0 Å². The lowest BCUT2D eigenvalue weighted by Crippen LogP contribution is -2.41. The first kappa shape index (κ1) is 25.2. The summed E-state index contributed by atoms with van der Waals surface area (Å²) in [6.07, 6.45) is 1.98. The quantitative estimate of drug-likeness (QED) is 0.204. The SMILES string of the molecule is CC1(C)OB(c2cc3c4c5c(cc(-n6c7ccccc7c7ccccc76)cc5n(-c5ccccc5)c4c2)CC3)OC1(C)C. The number of hydrogen-bond donors (Lipinski definition) is 0. The molecule has 4 nitrogen and oxygen atoms in total. The molecule has 5 heteroatoms. The van der Waals surface area contributed by atoms with E-state index in [0.717, 1.165) is 24.0 Å². The van der Waals surface area contributed by atoms with Crippen molar-refractivity contribution < 1.29 is 9.31 Å². The molecule has 2 aliphatic rings. The van der Waals surface area contributed by atoms with Crippen LogP contribution in [0.4, 0.5) is 0 Å². The van der Waals surface area contributed by atoms with Gasteiger partial charge >= 0.3 is 7.12 Å². The van der Waals surface area contributed by atoms with Crippen LogP contribution in [0, 0.1) is 0 Å². The molecule has 0 spiro atoms. The molecule has 0 N–H and O–H groups in total. The van der Waals surface area contributed by atoms with E-state index in [1.807, 2.05) is 0 Å². The summed E-state index contributed by atoms with van der Waals surface area (Å²) in [5.41, 5.74) is 10.4. The topological polar surface area (TPSA) is 28.3 Å². The Morgan fingerprint density at radius 3 is 1.67 bits per heavy atom. The van der Waals surface area contributed by atoms with E-state index in [0.29, 0.717) is 0 Å². The molecule has 210 valence electrons. The van der Waals surface area contributed by atoms with Gasteiger partial charge in [-0.3, -0.25) is 0 Å². The van der Waals surface area contributed by atoms with Crippen molar-refractivity contribution in [2.75, 3.05) is 0 Å². The third kappa shape index (κ3) is 3.46. The molecular formula is C38H33BN2O2. The van der Waals surface area contributed by atoms with Crippen LogP contribution < -0.4 is 5.46 Å². The van der Waals surface area contributed by atoms with Gasteiger partial charge in [-0.25, -0.2) is 0 Å². The van der Waals surface area contributed by atoms with Gasteiger partial charge in [0.1, 0.15) is 0 Å². The van der Waals surface area contributed by atoms with Crippen LogP contribution in [0.2, 0.25) is 0 Å². The van der Waals surface area contributed by atoms with Gasteiger partial charge in [-0.15, -0.1) is 0 Å². The van der Waals surface area contributed by atoms with E-state index < -0.39 is 7.12 Å². The standard InChI is InChI=1S/C38H33BN2O2/c1-37(2)38(3,4)43-39(42-37)26-20-24-18-19-25-21-28(41-31-16-10-8-14-29(31)30-15-9-11-17-32(30)41)23-34-36(25)35(24)33(22-26)40(34)27-12-6-5-7-13-27/h5-17,20-23H,18-19H2,1-4H3. The molecule has 5 aromatic carbocycles. The van der Waals surface area contributed by atoms with Gasteiger partial charge in [-0.1, -0.05) is 60.7 Å². The highest BCUT2D eigenvalue weighted by molar-refractivity contribution is 6.62. The maximum Gasteiger partial charge on any atom is 0.494 e. The van der Waals surface area contributed by atoms with Gasteiger partial charge in [-0.2, -0.15) is 0 Å². The Labute approximate surface area is 251 Å². The molecule has 1 aliphatic heterocycles. The normalized spacial score (nSPS) is 17.3. The van der Waals surface area contributed by atoms with Crippen molar-refractivity contribution >= 4 is 56.2 Å². The van der Waals surface area contributed by atoms with Gasteiger partial charge in [0.25, 0.3) is 0 Å². The largest absolute Gasteiger partial charge is 0.494 e. The molecule has 0 unspecified atom stereocenters. The Kier molecular flexibility index (Phi) is 5.06. The van der Waals surface area contributed by atoms with Crippen LogP contribution in [0.3, 0.4) is 0 Å². The zero-order chi connectivity index (χ0) is 29.1. The number of aryl methyl sites for hydroxylation is 2. The van der Waals surface area contributed by atoms with Gasteiger partial charge in [-0.05, 0) is 99.6 Å². The summed E-state index contributed by atoms with van der Waals surface area (Å²) in [6.45, 7) is 8.50. The van der Waals surface area contributed by atoms with Gasteiger partial charge in [0, 0.05) is 32.9 Å². The van der Waals surface area contributed by atoms with E-state index in [-0.39, 0.29) is 11.2 Å². The van der Waals surface area contributed by atoms with Crippen molar-refractivity contribution in [3.05, 3.63) is 114 Å². The van der Waals surface area contributed by atoms with Gasteiger partial charge in [0.05, 0.1) is 33.3 Å². The van der Waals surface area contributed by atoms with Gasteiger partial charge < -0.3 is 18.4 Å². The fraction of sp³-hybridized carbons (Fsp3) is 0.211. The van der Waals surface area contributed by atoms with Crippen molar-refractivity contribution in [3.63, 3.8) is 0 Å². The maximum absolute atomic E-state index is 6.55. The third-order valence-electron chi connectivity index (χ3n) is 10.2. The predicted octanol–water partition coefficient (Wildman–Crippen LogP) is 8.28. The molecule has 0 saturated carbocycles. The van der Waals surface area contributed by atoms with E-state index in [1.54, 1.807) is 0 Å². The first-order valence-corrected chi connectivity index (χ1v) is 15.3. The predicted molar refractivity (Wildman–Crippen MR) is 178 cm³/mol. The summed E-state index contributed by atoms with van der Waals surface area (Å²) in [6, 6.07) is 37.8. The average molecular weight is 561 g/mol. The number of fused-ring (bicyclic) bond motifs is 3. The second kappa shape index (κ2) is 8.62. The number of para-hydroxylation sites is 3. The lowest BCUT2D eigenvalue weighted by atomic mass is 9.76. The Morgan fingerprint density at radius 2 is 1.05 bits per heavy atom. The molecule has 2 aromatic heterocycles. The zero-order valence-electron chi connectivity index (χ0n) is 25.0. The van der Waals surface area contributed by atoms with E-state index in [9.17, 15) is 0 Å². The monoisotopic (exact) mass is 560 g/mol. The minimum absolute atomic E-state index is 0.389. The highest BCUT2D eigenvalue weighted by Gasteiger charge is 2.52. The van der Waals surface area contributed by atoms with Crippen LogP contribution in [0.15, 0.2) is 103 Å². The first-order chi connectivity index (χ1) is 20.8. The molecule has 43 heavy (non-hydrogen) atoms. The van der Waals surface area contributed by atoms with E-state index >= 15 is 0 Å². The van der Waals surface area contributed by atoms with Crippen molar-refractivity contribution in [1.82, 2.24) is 9.13 Å². The maximum atomic E-state index is 6.55. The van der Waals surface area contributed by atoms with Crippen molar-refractivity contribution in [3.8, 4) is 11.4 Å². The Bertz CT molecular complexity index is 2190. The molecule has 0 radical (unpaired) electrons. The smallest absolute Gasteiger partial charge is 0.399 e. The Balaban J connectivity index is 1.36. The molecule has 3 heterocycles. The minimum atomic E-state index is -0.401. The number of nitrogens with zero attached hydrogens (tertiary/aromatic N) is 2. The molecule has 1 fully saturated rings. The highest BCUT2D eigenvalue weighted by atomic mass is 16.7. The molecule has 0 atom stereocenters. The van der Waals surface area contributed by atoms with Crippen LogP contribution in [0.1, 0.15) is 38.8 Å². The summed E-state index contributed by atoms with van der Waals surface area (Å²) in [5, 5.41) is 5.29. The zero-order valence-corrected chi connectivity index (χ0v) is 25.0. The molecule has 0 bridgehead atoms. The van der Waals surface area contributed by atoms with Crippen LogP contribution in [-0.4, -0.2) is 27.5 Å². The van der Waals surface area contributed by atoms with Crippen molar-refractivity contribution in [2.24, 2.45) is 0 Å². The summed E-state index contributed by atoms with van der Waals surface area (Å²) in [5.74, 6) is 0. The highest BCUT2D eigenvalue weighted by Crippen LogP contribution is 2.43. The molecule has 1 saturated heterocycles. The minimum Gasteiger partial charge on any atom is -0.399 e. The summed E-state index contributed by atoms with van der Waals surface area (Å²) in [4.78, 5) is 0. The number of aromatic nitrogens is 2. The molecular weight excluding hydrogens is 527 g/mol. The molecule has 9 rings (SSSR count).